The number of hydrogen-bond acceptors (Lipinski definition) is 5. The first-order valence-electron chi connectivity index (χ1n) is 6.39. The summed E-state index contributed by atoms with van der Waals surface area (Å²) in [5.74, 6) is 0.392. The number of pyridine rings is 1. The van der Waals surface area contributed by atoms with Crippen LogP contribution in [0.5, 0.6) is 0 Å². The summed E-state index contributed by atoms with van der Waals surface area (Å²) in [7, 11) is 0. The van der Waals surface area contributed by atoms with Gasteiger partial charge in [-0.2, -0.15) is 5.10 Å². The summed E-state index contributed by atoms with van der Waals surface area (Å²) in [6.07, 6.45) is 3.18. The van der Waals surface area contributed by atoms with Crippen LogP contribution in [0.1, 0.15) is 11.3 Å². The summed E-state index contributed by atoms with van der Waals surface area (Å²) in [5, 5.41) is 7.59. The molecule has 2 aromatic heterocycles. The number of rotatable bonds is 4. The van der Waals surface area contributed by atoms with Gasteiger partial charge in [0.2, 0.25) is 0 Å². The van der Waals surface area contributed by atoms with Crippen molar-refractivity contribution in [3.05, 3.63) is 52.6 Å². The zero-order valence-electron chi connectivity index (χ0n) is 11.3. The van der Waals surface area contributed by atoms with Crippen molar-refractivity contribution in [3.63, 3.8) is 0 Å². The van der Waals surface area contributed by atoms with Crippen molar-refractivity contribution in [2.24, 2.45) is 0 Å². The summed E-state index contributed by atoms with van der Waals surface area (Å²) in [4.78, 5) is 17.3. The number of aryl methyl sites for hydroxylation is 1. The van der Waals surface area contributed by atoms with Crippen molar-refractivity contribution in [2.75, 3.05) is 11.5 Å². The number of aromatic nitrogens is 3. The lowest BCUT2D eigenvalue weighted by Crippen LogP contribution is -2.23. The number of hydrogen-bond donors (Lipinski definition) is 1. The molecular formula is C14H13ClN4O2. The highest BCUT2D eigenvalue weighted by Gasteiger charge is 2.22. The Balaban J connectivity index is 1.90. The summed E-state index contributed by atoms with van der Waals surface area (Å²) in [5.41, 5.74) is 2.66. The van der Waals surface area contributed by atoms with E-state index in [1.165, 1.54) is 6.08 Å². The number of nitrogens with zero attached hydrogens (tertiary/aromatic N) is 3. The predicted molar refractivity (Wildman–Crippen MR) is 77.8 cm³/mol. The maximum atomic E-state index is 11.3. The highest BCUT2D eigenvalue weighted by molar-refractivity contribution is 6.29. The molecule has 0 bridgehead atoms. The molecule has 7 heteroatoms. The molecule has 0 aromatic carbocycles. The molecule has 1 N–H and O–H groups in total. The normalized spacial score (nSPS) is 14.0. The van der Waals surface area contributed by atoms with E-state index >= 15 is 0 Å². The van der Waals surface area contributed by atoms with Crippen molar-refractivity contribution in [3.8, 4) is 0 Å². The molecule has 0 atom stereocenters. The van der Waals surface area contributed by atoms with Crippen molar-refractivity contribution in [1.82, 2.24) is 15.2 Å². The fourth-order valence-electron chi connectivity index (χ4n) is 2.07. The van der Waals surface area contributed by atoms with Crippen LogP contribution in [0.25, 0.3) is 0 Å². The molecule has 2 aromatic rings. The second-order valence-electron chi connectivity index (χ2n) is 4.73. The zero-order chi connectivity index (χ0) is 14.8. The second-order valence-corrected chi connectivity index (χ2v) is 5.12. The first-order valence-corrected chi connectivity index (χ1v) is 6.77. The Morgan fingerprint density at radius 1 is 1.48 bits per heavy atom. The Hall–Kier alpha value is -2.34. The number of halogens is 1. The molecule has 3 heterocycles. The number of esters is 1. The van der Waals surface area contributed by atoms with Crippen LogP contribution in [-0.4, -0.2) is 27.8 Å². The molecule has 1 aliphatic rings. The van der Waals surface area contributed by atoms with Gasteiger partial charge in [-0.25, -0.2) is 9.78 Å². The van der Waals surface area contributed by atoms with E-state index in [1.807, 2.05) is 24.0 Å². The second kappa shape index (κ2) is 5.57. The average molecular weight is 305 g/mol. The molecule has 0 spiro atoms. The van der Waals surface area contributed by atoms with Gasteiger partial charge in [-0.15, -0.1) is 0 Å². The van der Waals surface area contributed by atoms with Crippen molar-refractivity contribution in [1.29, 1.82) is 0 Å². The smallest absolute Gasteiger partial charge is 0.333 e. The Kier molecular flexibility index (Phi) is 3.62. The predicted octanol–water partition coefficient (Wildman–Crippen LogP) is 2.21. The number of H-pyrrole nitrogens is 1. The molecule has 0 saturated carbocycles. The first kappa shape index (κ1) is 13.6. The van der Waals surface area contributed by atoms with Crippen molar-refractivity contribution in [2.45, 2.75) is 13.5 Å². The van der Waals surface area contributed by atoms with Crippen LogP contribution in [0, 0.1) is 6.92 Å². The SMILES string of the molecule is Cc1cc(N(Cc2ccc(Cl)nc2)C2=CC(=O)OC2)n[nH]1. The molecule has 21 heavy (non-hydrogen) atoms. The van der Waals surface area contributed by atoms with Gasteiger partial charge >= 0.3 is 5.97 Å². The van der Waals surface area contributed by atoms with Crippen LogP contribution in [0.2, 0.25) is 5.15 Å². The third-order valence-corrected chi connectivity index (χ3v) is 3.32. The number of carbonyl (C=O) groups excluding carboxylic acids is 1. The number of ether oxygens (including phenoxy) is 1. The molecule has 6 nitrogen and oxygen atoms in total. The van der Waals surface area contributed by atoms with Gasteiger partial charge < -0.3 is 9.64 Å². The molecule has 0 saturated heterocycles. The van der Waals surface area contributed by atoms with Crippen LogP contribution in [0.4, 0.5) is 5.82 Å². The molecule has 0 fully saturated rings. The summed E-state index contributed by atoms with van der Waals surface area (Å²) in [6, 6.07) is 5.53. The summed E-state index contributed by atoms with van der Waals surface area (Å²) in [6.45, 7) is 2.69. The number of anilines is 1. The number of carbonyl (C=O) groups is 1. The molecule has 3 rings (SSSR count). The minimum Gasteiger partial charge on any atom is -0.456 e. The monoisotopic (exact) mass is 304 g/mol. The molecule has 1 aliphatic heterocycles. The third-order valence-electron chi connectivity index (χ3n) is 3.09. The standard InChI is InChI=1S/C14H13ClN4O2/c1-9-4-13(18-17-9)19(11-5-14(20)21-8-11)7-10-2-3-12(15)16-6-10/h2-6H,7-8H2,1H3,(H,17,18). The largest absolute Gasteiger partial charge is 0.456 e. The van der Waals surface area contributed by atoms with Crippen LogP contribution in [0.15, 0.2) is 36.2 Å². The van der Waals surface area contributed by atoms with Crippen LogP contribution in [0.3, 0.4) is 0 Å². The number of cyclic esters (lactones) is 1. The van der Waals surface area contributed by atoms with Gasteiger partial charge in [-0.05, 0) is 18.6 Å². The van der Waals surface area contributed by atoms with Crippen molar-refractivity contribution < 1.29 is 9.53 Å². The molecular weight excluding hydrogens is 292 g/mol. The summed E-state index contributed by atoms with van der Waals surface area (Å²) >= 11 is 5.80. The van der Waals surface area contributed by atoms with E-state index in [1.54, 1.807) is 12.3 Å². The van der Waals surface area contributed by atoms with Crippen molar-refractivity contribution >= 4 is 23.4 Å². The van der Waals surface area contributed by atoms with E-state index in [0.717, 1.165) is 22.8 Å². The quantitative estimate of drug-likeness (QED) is 0.692. The van der Waals surface area contributed by atoms with Gasteiger partial charge in [0.25, 0.3) is 0 Å². The maximum Gasteiger partial charge on any atom is 0.333 e. The molecule has 0 aliphatic carbocycles. The Labute approximate surface area is 126 Å². The van der Waals surface area contributed by atoms with Gasteiger partial charge in [0.15, 0.2) is 5.82 Å². The van der Waals surface area contributed by atoms with Gasteiger partial charge in [0.1, 0.15) is 11.8 Å². The maximum absolute atomic E-state index is 11.3. The van der Waals surface area contributed by atoms with E-state index in [-0.39, 0.29) is 12.6 Å². The Morgan fingerprint density at radius 3 is 2.90 bits per heavy atom. The lowest BCUT2D eigenvalue weighted by Gasteiger charge is -2.22. The minimum absolute atomic E-state index is 0.242. The van der Waals surface area contributed by atoms with E-state index in [4.69, 9.17) is 16.3 Å². The Bertz CT molecular complexity index is 693. The lowest BCUT2D eigenvalue weighted by atomic mass is 10.2. The zero-order valence-corrected chi connectivity index (χ0v) is 12.1. The Morgan fingerprint density at radius 2 is 2.33 bits per heavy atom. The molecule has 108 valence electrons. The van der Waals surface area contributed by atoms with Crippen LogP contribution < -0.4 is 4.90 Å². The molecule has 0 unspecified atom stereocenters. The highest BCUT2D eigenvalue weighted by Crippen LogP contribution is 2.23. The highest BCUT2D eigenvalue weighted by atomic mass is 35.5. The number of nitrogens with one attached hydrogen (secondary N) is 1. The average Bonchev–Trinajstić information content (AvgIpc) is 3.07. The van der Waals surface area contributed by atoms with Gasteiger partial charge in [0, 0.05) is 24.0 Å². The fourth-order valence-corrected chi connectivity index (χ4v) is 2.19. The molecule has 0 radical (unpaired) electrons. The molecule has 0 amide bonds. The van der Waals surface area contributed by atoms with E-state index < -0.39 is 0 Å². The lowest BCUT2D eigenvalue weighted by molar-refractivity contribution is -0.134. The van der Waals surface area contributed by atoms with E-state index in [2.05, 4.69) is 15.2 Å². The van der Waals surface area contributed by atoms with E-state index in [0.29, 0.717) is 11.7 Å². The minimum atomic E-state index is -0.337. The van der Waals surface area contributed by atoms with Gasteiger partial charge in [-0.3, -0.25) is 5.10 Å². The number of aromatic amines is 1. The fraction of sp³-hybridized carbons (Fsp3) is 0.214. The van der Waals surface area contributed by atoms with E-state index in [9.17, 15) is 4.79 Å². The van der Waals surface area contributed by atoms with Gasteiger partial charge in [-0.1, -0.05) is 17.7 Å². The van der Waals surface area contributed by atoms with Crippen LogP contribution in [-0.2, 0) is 16.1 Å². The van der Waals surface area contributed by atoms with Gasteiger partial charge in [0.05, 0.1) is 12.2 Å². The van der Waals surface area contributed by atoms with Crippen LogP contribution >= 0.6 is 11.6 Å². The topological polar surface area (TPSA) is 71.1 Å². The summed E-state index contributed by atoms with van der Waals surface area (Å²) < 4.78 is 4.98. The first-order chi connectivity index (χ1) is 10.1. The third kappa shape index (κ3) is 3.05.